The first-order chi connectivity index (χ1) is 6.74. The highest BCUT2D eigenvalue weighted by atomic mass is 16.7. The van der Waals surface area contributed by atoms with Crippen LogP contribution in [0.3, 0.4) is 0 Å². The van der Waals surface area contributed by atoms with Crippen molar-refractivity contribution in [2.75, 3.05) is 20.2 Å². The number of amides is 2. The number of nitrogens with one attached hydrogen (secondary N) is 1. The van der Waals surface area contributed by atoms with Crippen molar-refractivity contribution in [1.29, 1.82) is 0 Å². The molecular weight excluding hydrogens is 188 g/mol. The van der Waals surface area contributed by atoms with Crippen molar-refractivity contribution in [3.63, 3.8) is 0 Å². The Morgan fingerprint density at radius 2 is 1.86 bits per heavy atom. The number of carbonyl (C=O) groups is 2. The van der Waals surface area contributed by atoms with Gasteiger partial charge in [-0.2, -0.15) is 0 Å². The van der Waals surface area contributed by atoms with E-state index in [1.165, 1.54) is 7.11 Å². The number of piperidine rings is 1. The third-order valence-electron chi connectivity index (χ3n) is 2.02. The van der Waals surface area contributed by atoms with Crippen LogP contribution < -0.4 is 5.48 Å². The fraction of sp³-hybridized carbons (Fsp3) is 0.750. The number of rotatable bonds is 0. The van der Waals surface area contributed by atoms with Crippen molar-refractivity contribution >= 4 is 12.2 Å². The van der Waals surface area contributed by atoms with E-state index in [0.717, 1.165) is 19.3 Å². The summed E-state index contributed by atoms with van der Waals surface area (Å²) in [7, 11) is 1.20. The van der Waals surface area contributed by atoms with E-state index in [0.29, 0.717) is 13.1 Å². The number of hydrogen-bond acceptors (Lipinski definition) is 4. The molecule has 1 fully saturated rings. The standard InChI is InChI=1S/C8H14N2O4/c1-13-7(11)9-14-8(12)10-5-3-2-4-6-10/h2-6H2,1H3,(H,9,11). The van der Waals surface area contributed by atoms with Crippen LogP contribution in [0.2, 0.25) is 0 Å². The highest BCUT2D eigenvalue weighted by Gasteiger charge is 2.18. The highest BCUT2D eigenvalue weighted by molar-refractivity contribution is 5.71. The van der Waals surface area contributed by atoms with Gasteiger partial charge in [-0.15, -0.1) is 5.48 Å². The van der Waals surface area contributed by atoms with Crippen LogP contribution in [0.1, 0.15) is 19.3 Å². The van der Waals surface area contributed by atoms with E-state index in [-0.39, 0.29) is 0 Å². The fourth-order valence-corrected chi connectivity index (χ4v) is 1.27. The maximum atomic E-state index is 11.3. The number of nitrogens with zero attached hydrogens (tertiary/aromatic N) is 1. The molecule has 1 heterocycles. The largest absolute Gasteiger partial charge is 0.451 e. The van der Waals surface area contributed by atoms with Crippen molar-refractivity contribution in [2.24, 2.45) is 0 Å². The summed E-state index contributed by atoms with van der Waals surface area (Å²) < 4.78 is 4.24. The maximum absolute atomic E-state index is 11.3. The van der Waals surface area contributed by atoms with Crippen LogP contribution in [0.15, 0.2) is 0 Å². The Balaban J connectivity index is 2.23. The van der Waals surface area contributed by atoms with E-state index < -0.39 is 12.2 Å². The lowest BCUT2D eigenvalue weighted by atomic mass is 10.1. The van der Waals surface area contributed by atoms with Gasteiger partial charge >= 0.3 is 12.2 Å². The predicted octanol–water partition coefficient (Wildman–Crippen LogP) is 0.880. The zero-order valence-electron chi connectivity index (χ0n) is 8.12. The normalized spacial score (nSPS) is 15.9. The van der Waals surface area contributed by atoms with Crippen LogP contribution in [0.5, 0.6) is 0 Å². The molecule has 1 N–H and O–H groups in total. The first kappa shape index (κ1) is 10.6. The second-order valence-corrected chi connectivity index (χ2v) is 3.01. The molecule has 6 nitrogen and oxygen atoms in total. The van der Waals surface area contributed by atoms with E-state index in [4.69, 9.17) is 0 Å². The zero-order chi connectivity index (χ0) is 10.4. The van der Waals surface area contributed by atoms with Gasteiger partial charge in [0, 0.05) is 13.1 Å². The molecule has 0 radical (unpaired) electrons. The molecule has 0 atom stereocenters. The van der Waals surface area contributed by atoms with Crippen LogP contribution >= 0.6 is 0 Å². The third kappa shape index (κ3) is 3.12. The monoisotopic (exact) mass is 202 g/mol. The minimum atomic E-state index is -0.782. The lowest BCUT2D eigenvalue weighted by Gasteiger charge is -2.25. The van der Waals surface area contributed by atoms with Crippen LogP contribution in [0.25, 0.3) is 0 Å². The van der Waals surface area contributed by atoms with Gasteiger partial charge in [-0.25, -0.2) is 9.59 Å². The molecule has 80 valence electrons. The number of likely N-dealkylation sites (tertiary alicyclic amines) is 1. The van der Waals surface area contributed by atoms with Crippen LogP contribution in [-0.2, 0) is 9.57 Å². The summed E-state index contributed by atoms with van der Waals surface area (Å²) in [6.07, 6.45) is 1.78. The lowest BCUT2D eigenvalue weighted by molar-refractivity contribution is 0.0445. The molecule has 0 aromatic carbocycles. The summed E-state index contributed by atoms with van der Waals surface area (Å²) >= 11 is 0. The molecule has 0 saturated carbocycles. The summed E-state index contributed by atoms with van der Waals surface area (Å²) in [5.41, 5.74) is 1.88. The van der Waals surface area contributed by atoms with Crippen LogP contribution in [0, 0.1) is 0 Å². The lowest BCUT2D eigenvalue weighted by Crippen LogP contribution is -2.40. The topological polar surface area (TPSA) is 67.9 Å². The quantitative estimate of drug-likeness (QED) is 0.592. The molecule has 1 rings (SSSR count). The van der Waals surface area contributed by atoms with Gasteiger partial charge < -0.3 is 14.5 Å². The number of methoxy groups -OCH3 is 1. The van der Waals surface area contributed by atoms with E-state index in [9.17, 15) is 9.59 Å². The summed E-state index contributed by atoms with van der Waals surface area (Å²) in [6.45, 7) is 1.36. The molecule has 0 spiro atoms. The third-order valence-corrected chi connectivity index (χ3v) is 2.02. The van der Waals surface area contributed by atoms with E-state index in [1.807, 2.05) is 5.48 Å². The molecule has 1 saturated heterocycles. The summed E-state index contributed by atoms with van der Waals surface area (Å²) in [5, 5.41) is 0. The fourth-order valence-electron chi connectivity index (χ4n) is 1.27. The summed E-state index contributed by atoms with van der Waals surface area (Å²) in [6, 6.07) is 0. The maximum Gasteiger partial charge on any atom is 0.440 e. The second kappa shape index (κ2) is 5.31. The van der Waals surface area contributed by atoms with Crippen molar-refractivity contribution in [3.05, 3.63) is 0 Å². The van der Waals surface area contributed by atoms with Gasteiger partial charge in [0.1, 0.15) is 0 Å². The number of carbonyl (C=O) groups excluding carboxylic acids is 2. The molecule has 14 heavy (non-hydrogen) atoms. The van der Waals surface area contributed by atoms with Crippen LogP contribution in [-0.4, -0.2) is 37.3 Å². The van der Waals surface area contributed by atoms with Gasteiger partial charge in [-0.3, -0.25) is 0 Å². The highest BCUT2D eigenvalue weighted by Crippen LogP contribution is 2.09. The van der Waals surface area contributed by atoms with Gasteiger partial charge in [0.2, 0.25) is 0 Å². The van der Waals surface area contributed by atoms with Crippen molar-refractivity contribution in [1.82, 2.24) is 10.4 Å². The predicted molar refractivity (Wildman–Crippen MR) is 47.4 cm³/mol. The van der Waals surface area contributed by atoms with Gasteiger partial charge in [-0.1, -0.05) is 0 Å². The Bertz CT molecular complexity index is 213. The molecule has 0 bridgehead atoms. The number of ether oxygens (including phenoxy) is 1. The molecular formula is C8H14N2O4. The Labute approximate surface area is 82.1 Å². The van der Waals surface area contributed by atoms with Crippen molar-refractivity contribution < 1.29 is 19.2 Å². The van der Waals surface area contributed by atoms with Gasteiger partial charge in [-0.05, 0) is 19.3 Å². The number of hydroxylamine groups is 1. The molecule has 1 aliphatic rings. The minimum Gasteiger partial charge on any atom is -0.451 e. The smallest absolute Gasteiger partial charge is 0.440 e. The van der Waals surface area contributed by atoms with Gasteiger partial charge in [0.25, 0.3) is 0 Å². The van der Waals surface area contributed by atoms with E-state index >= 15 is 0 Å². The first-order valence-corrected chi connectivity index (χ1v) is 4.53. The molecule has 2 amide bonds. The Hall–Kier alpha value is -1.46. The molecule has 6 heteroatoms. The van der Waals surface area contributed by atoms with Gasteiger partial charge in [0.05, 0.1) is 7.11 Å². The molecule has 0 unspecified atom stereocenters. The first-order valence-electron chi connectivity index (χ1n) is 4.53. The second-order valence-electron chi connectivity index (χ2n) is 3.01. The SMILES string of the molecule is COC(=O)NOC(=O)N1CCCCC1. The molecule has 0 aliphatic carbocycles. The molecule has 0 aromatic rings. The van der Waals surface area contributed by atoms with Gasteiger partial charge in [0.15, 0.2) is 0 Å². The molecule has 1 aliphatic heterocycles. The zero-order valence-corrected chi connectivity index (χ0v) is 8.12. The Morgan fingerprint density at radius 3 is 2.43 bits per heavy atom. The average Bonchev–Trinajstić information content (AvgIpc) is 2.26. The average molecular weight is 202 g/mol. The van der Waals surface area contributed by atoms with E-state index in [1.54, 1.807) is 4.90 Å². The molecule has 0 aromatic heterocycles. The number of hydrogen-bond donors (Lipinski definition) is 1. The minimum absolute atomic E-state index is 0.532. The van der Waals surface area contributed by atoms with Crippen molar-refractivity contribution in [2.45, 2.75) is 19.3 Å². The van der Waals surface area contributed by atoms with E-state index in [2.05, 4.69) is 9.57 Å². The van der Waals surface area contributed by atoms with Crippen molar-refractivity contribution in [3.8, 4) is 0 Å². The Morgan fingerprint density at radius 1 is 1.21 bits per heavy atom. The summed E-state index contributed by atoms with van der Waals surface area (Å²) in [5.74, 6) is 0. The summed E-state index contributed by atoms with van der Waals surface area (Å²) in [4.78, 5) is 27.9. The van der Waals surface area contributed by atoms with Crippen LogP contribution in [0.4, 0.5) is 9.59 Å². The Kier molecular flexibility index (Phi) is 4.03.